The van der Waals surface area contributed by atoms with Gasteiger partial charge in [0.2, 0.25) is 5.91 Å². The summed E-state index contributed by atoms with van der Waals surface area (Å²) in [6.07, 6.45) is 6.19. The van der Waals surface area contributed by atoms with Crippen LogP contribution in [0.4, 0.5) is 0 Å². The third-order valence-corrected chi connectivity index (χ3v) is 7.61. The molecule has 2 saturated heterocycles. The Hall–Kier alpha value is -0.660. The van der Waals surface area contributed by atoms with Crippen molar-refractivity contribution in [3.05, 3.63) is 0 Å². The molecule has 0 aromatic heterocycles. The number of hydrogen-bond donors (Lipinski definition) is 0. The lowest BCUT2D eigenvalue weighted by Gasteiger charge is -2.43. The van der Waals surface area contributed by atoms with Crippen LogP contribution < -0.4 is 0 Å². The molecule has 3 fully saturated rings. The van der Waals surface area contributed by atoms with Crippen LogP contribution >= 0.6 is 0 Å². The molecule has 3 rings (SSSR count). The van der Waals surface area contributed by atoms with Crippen molar-refractivity contribution in [1.29, 1.82) is 0 Å². The Morgan fingerprint density at radius 2 is 1.85 bits per heavy atom. The van der Waals surface area contributed by atoms with Crippen molar-refractivity contribution < 1.29 is 17.9 Å². The number of hydrogen-bond acceptors (Lipinski definition) is 5. The molecule has 0 bridgehead atoms. The second-order valence-corrected chi connectivity index (χ2v) is 11.2. The van der Waals surface area contributed by atoms with Crippen LogP contribution in [0.2, 0.25) is 0 Å². The van der Waals surface area contributed by atoms with Gasteiger partial charge >= 0.3 is 0 Å². The Kier molecular flexibility index (Phi) is 5.99. The van der Waals surface area contributed by atoms with Crippen molar-refractivity contribution in [3.63, 3.8) is 0 Å². The lowest BCUT2D eigenvalue weighted by Crippen LogP contribution is -2.57. The molecule has 0 radical (unpaired) electrons. The Bertz CT molecular complexity index is 613. The van der Waals surface area contributed by atoms with Crippen LogP contribution in [0.25, 0.3) is 0 Å². The Morgan fingerprint density at radius 3 is 2.42 bits per heavy atom. The predicted octanol–water partition coefficient (Wildman–Crippen LogP) is 1.83. The van der Waals surface area contributed by atoms with Gasteiger partial charge in [-0.15, -0.1) is 0 Å². The molecule has 1 aliphatic carbocycles. The molecule has 3 aliphatic rings. The lowest BCUT2D eigenvalue weighted by atomic mass is 9.92. The molecule has 1 amide bonds. The highest BCUT2D eigenvalue weighted by Crippen LogP contribution is 2.29. The predicted molar refractivity (Wildman–Crippen MR) is 102 cm³/mol. The molecule has 2 aliphatic heterocycles. The van der Waals surface area contributed by atoms with E-state index in [1.165, 1.54) is 6.42 Å². The minimum atomic E-state index is -3.00. The first kappa shape index (κ1) is 20.1. The summed E-state index contributed by atoms with van der Waals surface area (Å²) in [7, 11) is -3.00. The third-order valence-electron chi connectivity index (χ3n) is 5.86. The SMILES string of the molecule is CC1CN(CC(=O)N(C2CCCCC2)C2CCS(=O)(=O)C2)CC(C)(C)O1. The Balaban J connectivity index is 1.72. The number of ether oxygens (including phenoxy) is 1. The van der Waals surface area contributed by atoms with Crippen molar-refractivity contribution in [1.82, 2.24) is 9.80 Å². The number of carbonyl (C=O) groups excluding carboxylic acids is 1. The lowest BCUT2D eigenvalue weighted by molar-refractivity contribution is -0.149. The van der Waals surface area contributed by atoms with Crippen LogP contribution in [-0.2, 0) is 19.4 Å². The van der Waals surface area contributed by atoms with Crippen molar-refractivity contribution >= 4 is 15.7 Å². The van der Waals surface area contributed by atoms with Crippen LogP contribution in [0.5, 0.6) is 0 Å². The largest absolute Gasteiger partial charge is 0.370 e. The van der Waals surface area contributed by atoms with Crippen molar-refractivity contribution in [3.8, 4) is 0 Å². The summed E-state index contributed by atoms with van der Waals surface area (Å²) in [5.74, 6) is 0.458. The molecule has 150 valence electrons. The van der Waals surface area contributed by atoms with Crippen LogP contribution in [0.1, 0.15) is 59.3 Å². The van der Waals surface area contributed by atoms with Gasteiger partial charge in [-0.1, -0.05) is 19.3 Å². The molecule has 6 nitrogen and oxygen atoms in total. The summed E-state index contributed by atoms with van der Waals surface area (Å²) in [5, 5.41) is 0. The highest BCUT2D eigenvalue weighted by molar-refractivity contribution is 7.91. The first-order chi connectivity index (χ1) is 12.2. The standard InChI is InChI=1S/C19H34N2O4S/c1-15-11-20(14-19(2,3)25-15)12-18(22)21(16-7-5-4-6-8-16)17-9-10-26(23,24)13-17/h15-17H,4-14H2,1-3H3. The van der Waals surface area contributed by atoms with Gasteiger partial charge in [0.05, 0.1) is 29.8 Å². The minimum absolute atomic E-state index is 0.0986. The van der Waals surface area contributed by atoms with Gasteiger partial charge in [0.1, 0.15) is 0 Å². The monoisotopic (exact) mass is 386 g/mol. The fraction of sp³-hybridized carbons (Fsp3) is 0.947. The van der Waals surface area contributed by atoms with E-state index in [2.05, 4.69) is 18.7 Å². The van der Waals surface area contributed by atoms with Gasteiger partial charge in [0.25, 0.3) is 0 Å². The second kappa shape index (κ2) is 7.76. The minimum Gasteiger partial charge on any atom is -0.370 e. The third kappa shape index (κ3) is 4.98. The average molecular weight is 387 g/mol. The summed E-state index contributed by atoms with van der Waals surface area (Å²) in [5.41, 5.74) is -0.260. The molecule has 2 atom stereocenters. The van der Waals surface area contributed by atoms with E-state index in [9.17, 15) is 13.2 Å². The summed E-state index contributed by atoms with van der Waals surface area (Å²) >= 11 is 0. The number of amides is 1. The van der Waals surface area contributed by atoms with Gasteiger partial charge in [-0.25, -0.2) is 8.42 Å². The fourth-order valence-electron chi connectivity index (χ4n) is 5.04. The summed E-state index contributed by atoms with van der Waals surface area (Å²) < 4.78 is 30.0. The van der Waals surface area contributed by atoms with Gasteiger partial charge in [0.15, 0.2) is 9.84 Å². The van der Waals surface area contributed by atoms with E-state index >= 15 is 0 Å². The second-order valence-electron chi connectivity index (χ2n) is 9.01. The van der Waals surface area contributed by atoms with Crippen LogP contribution in [0, 0.1) is 0 Å². The molecule has 7 heteroatoms. The van der Waals surface area contributed by atoms with Crippen LogP contribution in [0.15, 0.2) is 0 Å². The highest BCUT2D eigenvalue weighted by Gasteiger charge is 2.40. The van der Waals surface area contributed by atoms with Gasteiger partial charge in [-0.3, -0.25) is 9.69 Å². The molecular formula is C19H34N2O4S. The smallest absolute Gasteiger partial charge is 0.237 e. The quantitative estimate of drug-likeness (QED) is 0.737. The van der Waals surface area contributed by atoms with Crippen LogP contribution in [0.3, 0.4) is 0 Å². The molecule has 2 unspecified atom stereocenters. The Labute approximate surface area is 158 Å². The number of carbonyl (C=O) groups is 1. The normalized spacial score (nSPS) is 32.4. The molecule has 0 aromatic rings. The molecule has 0 spiro atoms. The molecule has 2 heterocycles. The van der Waals surface area contributed by atoms with Gasteiger partial charge in [-0.2, -0.15) is 0 Å². The average Bonchev–Trinajstić information content (AvgIpc) is 2.86. The molecule has 26 heavy (non-hydrogen) atoms. The zero-order valence-corrected chi connectivity index (χ0v) is 17.3. The molecule has 0 aromatic carbocycles. The van der Waals surface area contributed by atoms with Gasteiger partial charge < -0.3 is 9.64 Å². The van der Waals surface area contributed by atoms with E-state index in [4.69, 9.17) is 4.74 Å². The van der Waals surface area contributed by atoms with Crippen molar-refractivity contribution in [2.24, 2.45) is 0 Å². The first-order valence-corrected chi connectivity index (χ1v) is 11.9. The topological polar surface area (TPSA) is 66.9 Å². The maximum absolute atomic E-state index is 13.3. The number of rotatable bonds is 4. The number of morpholine rings is 1. The molecular weight excluding hydrogens is 352 g/mol. The molecule has 0 N–H and O–H groups in total. The van der Waals surface area contributed by atoms with Crippen molar-refractivity contribution in [2.45, 2.75) is 83.1 Å². The zero-order chi connectivity index (χ0) is 18.9. The van der Waals surface area contributed by atoms with E-state index in [-0.39, 0.29) is 41.2 Å². The van der Waals surface area contributed by atoms with E-state index < -0.39 is 9.84 Å². The molecule has 1 saturated carbocycles. The Morgan fingerprint density at radius 1 is 1.15 bits per heavy atom. The summed E-state index contributed by atoms with van der Waals surface area (Å²) in [6.45, 7) is 8.00. The maximum Gasteiger partial charge on any atom is 0.237 e. The van der Waals surface area contributed by atoms with Gasteiger partial charge in [0, 0.05) is 25.2 Å². The van der Waals surface area contributed by atoms with Crippen LogP contribution in [-0.4, -0.2) is 79.1 Å². The van der Waals surface area contributed by atoms with E-state index in [0.29, 0.717) is 13.0 Å². The summed E-state index contributed by atoms with van der Waals surface area (Å²) in [4.78, 5) is 17.4. The maximum atomic E-state index is 13.3. The summed E-state index contributed by atoms with van der Waals surface area (Å²) in [6, 6.07) is 0.0723. The fourth-order valence-corrected chi connectivity index (χ4v) is 6.75. The van der Waals surface area contributed by atoms with E-state index in [1.54, 1.807) is 0 Å². The van der Waals surface area contributed by atoms with Crippen molar-refractivity contribution in [2.75, 3.05) is 31.1 Å². The first-order valence-electron chi connectivity index (χ1n) is 10.1. The zero-order valence-electron chi connectivity index (χ0n) is 16.4. The van der Waals surface area contributed by atoms with Gasteiger partial charge in [-0.05, 0) is 40.0 Å². The highest BCUT2D eigenvalue weighted by atomic mass is 32.2. The number of sulfone groups is 1. The van der Waals surface area contributed by atoms with E-state index in [0.717, 1.165) is 38.8 Å². The van der Waals surface area contributed by atoms with E-state index in [1.807, 2.05) is 11.8 Å². The number of nitrogens with zero attached hydrogens (tertiary/aromatic N) is 2.